The molecular formula is C17H19ClN4O2S. The van der Waals surface area contributed by atoms with Crippen LogP contribution in [0, 0.1) is 13.8 Å². The zero-order valence-corrected chi connectivity index (χ0v) is 15.9. The molecule has 3 rings (SSSR count). The Hall–Kier alpha value is -1.83. The van der Waals surface area contributed by atoms with Gasteiger partial charge < -0.3 is 14.3 Å². The second-order valence-corrected chi connectivity index (χ2v) is 7.11. The highest BCUT2D eigenvalue weighted by Crippen LogP contribution is 2.23. The second-order valence-electron chi connectivity index (χ2n) is 5.71. The number of Topliss-reactive ketones (excluding diaryl/α,β-unsaturated/α-hetero) is 1. The predicted octanol–water partition coefficient (Wildman–Crippen LogP) is 3.65. The second kappa shape index (κ2) is 7.59. The highest BCUT2D eigenvalue weighted by Gasteiger charge is 2.16. The number of pyridine rings is 1. The van der Waals surface area contributed by atoms with E-state index < -0.39 is 0 Å². The Labute approximate surface area is 154 Å². The normalized spacial score (nSPS) is 11.4. The van der Waals surface area contributed by atoms with Crippen LogP contribution in [-0.2, 0) is 11.3 Å². The van der Waals surface area contributed by atoms with Crippen LogP contribution in [0.5, 0.6) is 0 Å². The fraction of sp³-hybridized carbons (Fsp3) is 0.353. The molecule has 0 atom stereocenters. The van der Waals surface area contributed by atoms with E-state index in [4.69, 9.17) is 16.3 Å². The van der Waals surface area contributed by atoms with Gasteiger partial charge in [-0.05, 0) is 26.0 Å². The molecule has 0 aliphatic rings. The van der Waals surface area contributed by atoms with Crippen molar-refractivity contribution in [1.29, 1.82) is 0 Å². The number of aromatic amines is 1. The van der Waals surface area contributed by atoms with Crippen molar-refractivity contribution in [1.82, 2.24) is 19.5 Å². The number of carbonyl (C=O) groups excluding carboxylic acids is 1. The number of imidazole rings is 1. The van der Waals surface area contributed by atoms with Crippen molar-refractivity contribution in [3.63, 3.8) is 0 Å². The summed E-state index contributed by atoms with van der Waals surface area (Å²) in [5.41, 5.74) is 4.14. The van der Waals surface area contributed by atoms with Gasteiger partial charge in [0.15, 0.2) is 16.6 Å². The number of thioether (sulfide) groups is 1. The third-order valence-corrected chi connectivity index (χ3v) is 5.10. The Balaban J connectivity index is 1.71. The molecule has 0 aliphatic heterocycles. The van der Waals surface area contributed by atoms with Gasteiger partial charge in [-0.25, -0.2) is 9.97 Å². The number of nitrogens with zero attached hydrogens (tertiary/aromatic N) is 3. The number of fused-ring (bicyclic) bond motifs is 1. The lowest BCUT2D eigenvalue weighted by atomic mass is 10.2. The molecule has 0 amide bonds. The topological polar surface area (TPSA) is 72.8 Å². The van der Waals surface area contributed by atoms with E-state index in [0.717, 1.165) is 29.0 Å². The van der Waals surface area contributed by atoms with Gasteiger partial charge in [0, 0.05) is 36.8 Å². The average molecular weight is 379 g/mol. The fourth-order valence-corrected chi connectivity index (χ4v) is 3.66. The van der Waals surface area contributed by atoms with Crippen LogP contribution in [0.4, 0.5) is 0 Å². The molecule has 3 aromatic heterocycles. The summed E-state index contributed by atoms with van der Waals surface area (Å²) in [5, 5.41) is 1.21. The lowest BCUT2D eigenvalue weighted by Gasteiger charge is -2.08. The lowest BCUT2D eigenvalue weighted by Crippen LogP contribution is -2.09. The summed E-state index contributed by atoms with van der Waals surface area (Å²) in [6.07, 6.45) is 1.55. The van der Waals surface area contributed by atoms with E-state index in [-0.39, 0.29) is 5.78 Å². The zero-order valence-electron chi connectivity index (χ0n) is 14.3. The quantitative estimate of drug-likeness (QED) is 0.501. The number of ether oxygens (including phenoxy) is 1. The number of carbonyl (C=O) groups is 1. The van der Waals surface area contributed by atoms with E-state index in [1.807, 2.05) is 19.9 Å². The zero-order chi connectivity index (χ0) is 18.0. The maximum atomic E-state index is 12.6. The van der Waals surface area contributed by atoms with Crippen LogP contribution in [0.2, 0.25) is 5.02 Å². The summed E-state index contributed by atoms with van der Waals surface area (Å²) in [4.78, 5) is 24.3. The van der Waals surface area contributed by atoms with Gasteiger partial charge >= 0.3 is 0 Å². The highest BCUT2D eigenvalue weighted by atomic mass is 35.5. The van der Waals surface area contributed by atoms with Crippen LogP contribution in [-0.4, -0.2) is 44.8 Å². The number of methoxy groups -OCH3 is 1. The molecule has 3 heterocycles. The molecule has 25 heavy (non-hydrogen) atoms. The molecule has 0 aromatic carbocycles. The molecule has 132 valence electrons. The molecule has 3 aromatic rings. The average Bonchev–Trinajstić information content (AvgIpc) is 3.11. The van der Waals surface area contributed by atoms with Gasteiger partial charge in [0.25, 0.3) is 0 Å². The SMILES string of the molecule is COCCn1c(C)cc(C(=O)CSc2nc3ncc(Cl)cc3[nH]2)c1C. The van der Waals surface area contributed by atoms with Gasteiger partial charge in [0.05, 0.1) is 22.9 Å². The van der Waals surface area contributed by atoms with E-state index in [0.29, 0.717) is 28.2 Å². The standard InChI is InChI=1S/C17H19ClN4O2S/c1-10-6-13(11(2)22(10)4-5-24-3)15(23)9-25-17-20-14-7-12(18)8-19-16(14)21-17/h6-8H,4-5,9H2,1-3H3,(H,19,20,21). The number of nitrogens with one attached hydrogen (secondary N) is 1. The summed E-state index contributed by atoms with van der Waals surface area (Å²) in [7, 11) is 1.67. The molecule has 0 saturated carbocycles. The van der Waals surface area contributed by atoms with Crippen LogP contribution in [0.1, 0.15) is 21.7 Å². The summed E-state index contributed by atoms with van der Waals surface area (Å²) in [6.45, 7) is 5.33. The maximum absolute atomic E-state index is 12.6. The van der Waals surface area contributed by atoms with E-state index in [2.05, 4.69) is 19.5 Å². The van der Waals surface area contributed by atoms with Gasteiger partial charge in [0.1, 0.15) is 0 Å². The Morgan fingerprint density at radius 2 is 2.20 bits per heavy atom. The van der Waals surface area contributed by atoms with Crippen molar-refractivity contribution >= 4 is 40.3 Å². The van der Waals surface area contributed by atoms with E-state index >= 15 is 0 Å². The lowest BCUT2D eigenvalue weighted by molar-refractivity contribution is 0.102. The number of hydrogen-bond acceptors (Lipinski definition) is 5. The Bertz CT molecular complexity index is 919. The number of ketones is 1. The molecule has 0 radical (unpaired) electrons. The van der Waals surface area contributed by atoms with Crippen molar-refractivity contribution in [3.8, 4) is 0 Å². The Kier molecular flexibility index (Phi) is 5.46. The third-order valence-electron chi connectivity index (χ3n) is 4.02. The number of halogens is 1. The summed E-state index contributed by atoms with van der Waals surface area (Å²) in [6, 6.07) is 3.71. The first-order chi connectivity index (χ1) is 12.0. The first kappa shape index (κ1) is 18.0. The molecule has 1 N–H and O–H groups in total. The predicted molar refractivity (Wildman–Crippen MR) is 99.7 cm³/mol. The first-order valence-electron chi connectivity index (χ1n) is 7.82. The van der Waals surface area contributed by atoms with Gasteiger partial charge in [-0.15, -0.1) is 0 Å². The molecule has 0 unspecified atom stereocenters. The van der Waals surface area contributed by atoms with Gasteiger partial charge in [0.2, 0.25) is 0 Å². The minimum Gasteiger partial charge on any atom is -0.383 e. The van der Waals surface area contributed by atoms with Crippen LogP contribution in [0.25, 0.3) is 11.2 Å². The molecule has 0 aliphatic carbocycles. The van der Waals surface area contributed by atoms with Crippen LogP contribution in [0.15, 0.2) is 23.5 Å². The van der Waals surface area contributed by atoms with Crippen molar-refractivity contribution in [2.75, 3.05) is 19.5 Å². The monoisotopic (exact) mass is 378 g/mol. The van der Waals surface area contributed by atoms with E-state index in [1.54, 1.807) is 19.4 Å². The van der Waals surface area contributed by atoms with Crippen molar-refractivity contribution in [2.45, 2.75) is 25.5 Å². The van der Waals surface area contributed by atoms with Crippen LogP contribution in [0.3, 0.4) is 0 Å². The largest absolute Gasteiger partial charge is 0.383 e. The first-order valence-corrected chi connectivity index (χ1v) is 9.19. The maximum Gasteiger partial charge on any atom is 0.178 e. The highest BCUT2D eigenvalue weighted by molar-refractivity contribution is 7.99. The van der Waals surface area contributed by atoms with Crippen molar-refractivity contribution < 1.29 is 9.53 Å². The third kappa shape index (κ3) is 3.89. The molecule has 6 nitrogen and oxygen atoms in total. The van der Waals surface area contributed by atoms with Crippen LogP contribution < -0.4 is 0 Å². The number of rotatable bonds is 7. The van der Waals surface area contributed by atoms with E-state index in [1.165, 1.54) is 11.8 Å². The Morgan fingerprint density at radius 1 is 1.40 bits per heavy atom. The number of hydrogen-bond donors (Lipinski definition) is 1. The van der Waals surface area contributed by atoms with Gasteiger partial charge in [-0.1, -0.05) is 23.4 Å². The summed E-state index contributed by atoms with van der Waals surface area (Å²) in [5.74, 6) is 0.385. The smallest absolute Gasteiger partial charge is 0.178 e. The molecule has 0 spiro atoms. The summed E-state index contributed by atoms with van der Waals surface area (Å²) < 4.78 is 7.24. The number of aromatic nitrogens is 4. The number of aryl methyl sites for hydroxylation is 1. The van der Waals surface area contributed by atoms with E-state index in [9.17, 15) is 4.79 Å². The molecular weight excluding hydrogens is 360 g/mol. The molecule has 0 fully saturated rings. The van der Waals surface area contributed by atoms with Gasteiger partial charge in [-0.2, -0.15) is 0 Å². The molecule has 8 heteroatoms. The number of H-pyrrole nitrogens is 1. The minimum atomic E-state index is 0.0771. The molecule has 0 saturated heterocycles. The fourth-order valence-electron chi connectivity index (χ4n) is 2.74. The van der Waals surface area contributed by atoms with Crippen LogP contribution >= 0.6 is 23.4 Å². The van der Waals surface area contributed by atoms with Gasteiger partial charge in [-0.3, -0.25) is 4.79 Å². The van der Waals surface area contributed by atoms with Crippen molar-refractivity contribution in [2.24, 2.45) is 0 Å². The molecule has 0 bridgehead atoms. The summed E-state index contributed by atoms with van der Waals surface area (Å²) >= 11 is 7.29. The Morgan fingerprint density at radius 3 is 2.96 bits per heavy atom. The van der Waals surface area contributed by atoms with Crippen molar-refractivity contribution in [3.05, 3.63) is 40.3 Å². The minimum absolute atomic E-state index is 0.0771.